The number of carbonyl (C=O) groups is 1. The molecular weight excluding hydrogens is 266 g/mol. The highest BCUT2D eigenvalue weighted by Gasteiger charge is 2.18. The third-order valence-electron chi connectivity index (χ3n) is 2.82. The standard InChI is InChI=1S/C13H20ClN3O2/c1-5-15-12-11(14)6-10(7-16-12)13(18)17(3)9(2)8-19-4/h6-7,9H,5,8H2,1-4H3,(H,15,16). The van der Waals surface area contributed by atoms with Gasteiger partial charge in [-0.05, 0) is 19.9 Å². The number of rotatable bonds is 6. The largest absolute Gasteiger partial charge is 0.383 e. The second kappa shape index (κ2) is 7.31. The van der Waals surface area contributed by atoms with E-state index in [1.54, 1.807) is 25.1 Å². The maximum absolute atomic E-state index is 12.2. The van der Waals surface area contributed by atoms with Crippen LogP contribution in [0.2, 0.25) is 5.02 Å². The molecule has 0 saturated carbocycles. The molecule has 0 aliphatic carbocycles. The second-order valence-corrected chi connectivity index (χ2v) is 4.71. The summed E-state index contributed by atoms with van der Waals surface area (Å²) in [6, 6.07) is 1.62. The molecule has 0 radical (unpaired) electrons. The van der Waals surface area contributed by atoms with Crippen LogP contribution < -0.4 is 5.32 Å². The Bertz CT molecular complexity index is 440. The molecule has 0 spiro atoms. The molecule has 6 heteroatoms. The number of nitrogens with zero attached hydrogens (tertiary/aromatic N) is 2. The summed E-state index contributed by atoms with van der Waals surface area (Å²) in [7, 11) is 3.34. The maximum atomic E-state index is 12.2. The minimum atomic E-state index is -0.123. The van der Waals surface area contributed by atoms with Gasteiger partial charge < -0.3 is 15.0 Å². The molecule has 0 fully saturated rings. The molecule has 1 N–H and O–H groups in total. The number of methoxy groups -OCH3 is 1. The first-order chi connectivity index (χ1) is 9.01. The Hall–Kier alpha value is -1.33. The van der Waals surface area contributed by atoms with Gasteiger partial charge in [-0.25, -0.2) is 4.98 Å². The first kappa shape index (κ1) is 15.7. The van der Waals surface area contributed by atoms with Gasteiger partial charge >= 0.3 is 0 Å². The van der Waals surface area contributed by atoms with E-state index in [0.717, 1.165) is 6.54 Å². The van der Waals surface area contributed by atoms with E-state index in [2.05, 4.69) is 10.3 Å². The predicted molar refractivity (Wildman–Crippen MR) is 76.8 cm³/mol. The minimum Gasteiger partial charge on any atom is -0.383 e. The molecule has 1 rings (SSSR count). The molecule has 1 unspecified atom stereocenters. The van der Waals surface area contributed by atoms with Gasteiger partial charge in [-0.15, -0.1) is 0 Å². The van der Waals surface area contributed by atoms with E-state index >= 15 is 0 Å². The van der Waals surface area contributed by atoms with Gasteiger partial charge in [0.25, 0.3) is 5.91 Å². The van der Waals surface area contributed by atoms with Gasteiger partial charge in [-0.3, -0.25) is 4.79 Å². The summed E-state index contributed by atoms with van der Waals surface area (Å²) in [5.74, 6) is 0.468. The molecule has 1 aromatic rings. The molecule has 0 aliphatic rings. The number of amides is 1. The summed E-state index contributed by atoms with van der Waals surface area (Å²) >= 11 is 6.08. The van der Waals surface area contributed by atoms with Crippen molar-refractivity contribution in [2.75, 3.05) is 32.6 Å². The Morgan fingerprint density at radius 1 is 1.63 bits per heavy atom. The number of pyridine rings is 1. The Kier molecular flexibility index (Phi) is 6.05. The van der Waals surface area contributed by atoms with Crippen LogP contribution in [0, 0.1) is 0 Å². The molecule has 106 valence electrons. The third kappa shape index (κ3) is 4.08. The fourth-order valence-corrected chi connectivity index (χ4v) is 1.84. The van der Waals surface area contributed by atoms with Crippen molar-refractivity contribution in [3.8, 4) is 0 Å². The summed E-state index contributed by atoms with van der Waals surface area (Å²) in [4.78, 5) is 18.0. The number of carbonyl (C=O) groups excluding carboxylic acids is 1. The van der Waals surface area contributed by atoms with Crippen molar-refractivity contribution >= 4 is 23.3 Å². The predicted octanol–water partition coefficient (Wildman–Crippen LogP) is 2.27. The number of likely N-dealkylation sites (N-methyl/N-ethyl adjacent to an activating group) is 1. The zero-order valence-corrected chi connectivity index (χ0v) is 12.5. The first-order valence-corrected chi connectivity index (χ1v) is 6.54. The molecule has 0 aliphatic heterocycles. The van der Waals surface area contributed by atoms with Crippen LogP contribution >= 0.6 is 11.6 Å². The molecule has 19 heavy (non-hydrogen) atoms. The lowest BCUT2D eigenvalue weighted by Gasteiger charge is -2.24. The van der Waals surface area contributed by atoms with Crippen molar-refractivity contribution in [3.63, 3.8) is 0 Å². The lowest BCUT2D eigenvalue weighted by Crippen LogP contribution is -2.37. The van der Waals surface area contributed by atoms with Gasteiger partial charge in [0.2, 0.25) is 0 Å². The first-order valence-electron chi connectivity index (χ1n) is 6.16. The van der Waals surface area contributed by atoms with E-state index < -0.39 is 0 Å². The van der Waals surface area contributed by atoms with Crippen LogP contribution in [0.1, 0.15) is 24.2 Å². The Labute approximate surface area is 118 Å². The van der Waals surface area contributed by atoms with Crippen molar-refractivity contribution in [2.24, 2.45) is 0 Å². The summed E-state index contributed by atoms with van der Waals surface area (Å²) in [6.45, 7) is 5.09. The zero-order chi connectivity index (χ0) is 14.4. The second-order valence-electron chi connectivity index (χ2n) is 4.31. The fourth-order valence-electron chi connectivity index (χ4n) is 1.61. The number of hydrogen-bond donors (Lipinski definition) is 1. The molecule has 0 saturated heterocycles. The van der Waals surface area contributed by atoms with Gasteiger partial charge in [0.05, 0.1) is 23.2 Å². The van der Waals surface area contributed by atoms with Crippen molar-refractivity contribution in [3.05, 3.63) is 22.8 Å². The number of halogens is 1. The van der Waals surface area contributed by atoms with E-state index in [0.29, 0.717) is 23.0 Å². The van der Waals surface area contributed by atoms with E-state index in [1.807, 2.05) is 13.8 Å². The molecule has 0 aromatic carbocycles. The molecule has 1 aromatic heterocycles. The highest BCUT2D eigenvalue weighted by Crippen LogP contribution is 2.20. The van der Waals surface area contributed by atoms with Crippen molar-refractivity contribution in [1.82, 2.24) is 9.88 Å². The monoisotopic (exact) mass is 285 g/mol. The average molecular weight is 286 g/mol. The van der Waals surface area contributed by atoms with Crippen molar-refractivity contribution in [1.29, 1.82) is 0 Å². The van der Waals surface area contributed by atoms with Gasteiger partial charge in [-0.2, -0.15) is 0 Å². The van der Waals surface area contributed by atoms with Gasteiger partial charge in [0, 0.05) is 26.9 Å². The van der Waals surface area contributed by atoms with Gasteiger partial charge in [-0.1, -0.05) is 11.6 Å². The van der Waals surface area contributed by atoms with Crippen LogP contribution in [-0.4, -0.2) is 49.1 Å². The van der Waals surface area contributed by atoms with E-state index in [-0.39, 0.29) is 11.9 Å². The zero-order valence-electron chi connectivity index (χ0n) is 11.7. The van der Waals surface area contributed by atoms with Crippen molar-refractivity contribution < 1.29 is 9.53 Å². The lowest BCUT2D eigenvalue weighted by atomic mass is 10.2. The average Bonchev–Trinajstić information content (AvgIpc) is 2.40. The van der Waals surface area contributed by atoms with Gasteiger partial charge in [0.15, 0.2) is 0 Å². The smallest absolute Gasteiger partial charge is 0.255 e. The molecular formula is C13H20ClN3O2. The molecule has 1 amide bonds. The van der Waals surface area contributed by atoms with E-state index in [4.69, 9.17) is 16.3 Å². The lowest BCUT2D eigenvalue weighted by molar-refractivity contribution is 0.0633. The quantitative estimate of drug-likeness (QED) is 0.871. The highest BCUT2D eigenvalue weighted by molar-refractivity contribution is 6.33. The normalized spacial score (nSPS) is 12.1. The number of ether oxygens (including phenoxy) is 1. The van der Waals surface area contributed by atoms with E-state index in [1.165, 1.54) is 6.20 Å². The van der Waals surface area contributed by atoms with Crippen LogP contribution in [-0.2, 0) is 4.74 Å². The Morgan fingerprint density at radius 2 is 2.32 bits per heavy atom. The van der Waals surface area contributed by atoms with Gasteiger partial charge in [0.1, 0.15) is 5.82 Å². The number of nitrogens with one attached hydrogen (secondary N) is 1. The summed E-state index contributed by atoms with van der Waals surface area (Å²) in [6.07, 6.45) is 1.53. The molecule has 1 atom stereocenters. The Morgan fingerprint density at radius 3 is 2.84 bits per heavy atom. The molecule has 5 nitrogen and oxygen atoms in total. The Balaban J connectivity index is 2.85. The van der Waals surface area contributed by atoms with Crippen molar-refractivity contribution in [2.45, 2.75) is 19.9 Å². The molecule has 0 bridgehead atoms. The number of hydrogen-bond acceptors (Lipinski definition) is 4. The van der Waals surface area contributed by atoms with Crippen LogP contribution in [0.5, 0.6) is 0 Å². The molecule has 1 heterocycles. The van der Waals surface area contributed by atoms with Crippen LogP contribution in [0.4, 0.5) is 5.82 Å². The van der Waals surface area contributed by atoms with Crippen LogP contribution in [0.15, 0.2) is 12.3 Å². The van der Waals surface area contributed by atoms with Crippen LogP contribution in [0.25, 0.3) is 0 Å². The summed E-state index contributed by atoms with van der Waals surface area (Å²) in [5.41, 5.74) is 0.470. The topological polar surface area (TPSA) is 54.5 Å². The number of anilines is 1. The highest BCUT2D eigenvalue weighted by atomic mass is 35.5. The summed E-state index contributed by atoms with van der Waals surface area (Å²) in [5, 5.41) is 3.47. The number of aromatic nitrogens is 1. The third-order valence-corrected chi connectivity index (χ3v) is 3.11. The van der Waals surface area contributed by atoms with Crippen LogP contribution in [0.3, 0.4) is 0 Å². The summed E-state index contributed by atoms with van der Waals surface area (Å²) < 4.78 is 5.04. The van der Waals surface area contributed by atoms with E-state index in [9.17, 15) is 4.79 Å². The minimum absolute atomic E-state index is 0.00952. The fraction of sp³-hybridized carbons (Fsp3) is 0.538. The maximum Gasteiger partial charge on any atom is 0.255 e. The SMILES string of the molecule is CCNc1ncc(C(=O)N(C)C(C)COC)cc1Cl.